The Hall–Kier alpha value is -2.31. The molecule has 0 bridgehead atoms. The summed E-state index contributed by atoms with van der Waals surface area (Å²) in [5.74, 6) is 2.19. The van der Waals surface area contributed by atoms with Gasteiger partial charge in [0.2, 0.25) is 5.95 Å². The van der Waals surface area contributed by atoms with Crippen molar-refractivity contribution in [3.05, 3.63) is 24.0 Å². The molecule has 0 unspecified atom stereocenters. The van der Waals surface area contributed by atoms with Crippen LogP contribution in [-0.4, -0.2) is 46.4 Å². The Bertz CT molecular complexity index is 646. The predicted molar refractivity (Wildman–Crippen MR) is 92.7 cm³/mol. The molecule has 0 aromatic carbocycles. The number of rotatable bonds is 6. The first-order valence-electron chi connectivity index (χ1n) is 8.20. The lowest BCUT2D eigenvalue weighted by atomic mass is 10.2. The molecule has 2 N–H and O–H groups in total. The second-order valence-corrected chi connectivity index (χ2v) is 6.19. The van der Waals surface area contributed by atoms with E-state index in [-0.39, 0.29) is 0 Å². The summed E-state index contributed by atoms with van der Waals surface area (Å²) in [4.78, 5) is 13.4. The van der Waals surface area contributed by atoms with Crippen LogP contribution in [0.5, 0.6) is 0 Å². The van der Waals surface area contributed by atoms with Crippen LogP contribution in [0.15, 0.2) is 18.5 Å². The van der Waals surface area contributed by atoms with Crippen LogP contribution in [-0.2, 0) is 13.5 Å². The van der Waals surface area contributed by atoms with Crippen LogP contribution in [0.3, 0.4) is 0 Å². The fourth-order valence-electron chi connectivity index (χ4n) is 2.93. The van der Waals surface area contributed by atoms with E-state index < -0.39 is 0 Å². The largest absolute Gasteiger partial charge is 0.383 e. The van der Waals surface area contributed by atoms with E-state index in [9.17, 15) is 0 Å². The molecular formula is C16H25N7. The Kier molecular flexibility index (Phi) is 4.64. The van der Waals surface area contributed by atoms with Crippen LogP contribution in [0, 0.1) is 0 Å². The zero-order valence-electron chi connectivity index (χ0n) is 13.9. The van der Waals surface area contributed by atoms with Gasteiger partial charge in [-0.05, 0) is 31.2 Å². The summed E-state index contributed by atoms with van der Waals surface area (Å²) in [6, 6.07) is 1.85. The molecule has 0 amide bonds. The first kappa shape index (κ1) is 15.6. The van der Waals surface area contributed by atoms with Gasteiger partial charge in [0.1, 0.15) is 11.6 Å². The highest BCUT2D eigenvalue weighted by Gasteiger charge is 2.17. The van der Waals surface area contributed by atoms with E-state index in [1.165, 1.54) is 18.4 Å². The Morgan fingerprint density at radius 3 is 2.74 bits per heavy atom. The molecule has 1 fully saturated rings. The summed E-state index contributed by atoms with van der Waals surface area (Å²) in [7, 11) is 4.00. The lowest BCUT2D eigenvalue weighted by Crippen LogP contribution is -2.25. The molecule has 1 saturated heterocycles. The molecule has 124 valence electrons. The summed E-state index contributed by atoms with van der Waals surface area (Å²) in [5, 5.41) is 4.20. The third kappa shape index (κ3) is 3.91. The van der Waals surface area contributed by atoms with Crippen molar-refractivity contribution in [1.29, 1.82) is 0 Å². The standard InChI is InChI=1S/C16H25N7/c1-21(7-5-6-13-11-18-22(2)12-13)15-10-14(17)19-16(20-15)23-8-3-4-9-23/h10-12H,3-9H2,1-2H3,(H2,17,19,20). The van der Waals surface area contributed by atoms with Crippen LogP contribution in [0.2, 0.25) is 0 Å². The summed E-state index contributed by atoms with van der Waals surface area (Å²) >= 11 is 0. The molecular weight excluding hydrogens is 290 g/mol. The van der Waals surface area contributed by atoms with Crippen LogP contribution in [0.4, 0.5) is 17.6 Å². The fraction of sp³-hybridized carbons (Fsp3) is 0.562. The van der Waals surface area contributed by atoms with Gasteiger partial charge < -0.3 is 15.5 Å². The van der Waals surface area contributed by atoms with Crippen molar-refractivity contribution >= 4 is 17.6 Å². The van der Waals surface area contributed by atoms with E-state index in [2.05, 4.69) is 38.1 Å². The molecule has 3 heterocycles. The summed E-state index contributed by atoms with van der Waals surface area (Å²) in [5.41, 5.74) is 7.24. The molecule has 0 spiro atoms. The van der Waals surface area contributed by atoms with Crippen molar-refractivity contribution in [2.75, 3.05) is 42.2 Å². The van der Waals surface area contributed by atoms with Gasteiger partial charge in [0.05, 0.1) is 6.20 Å². The molecule has 0 saturated carbocycles. The second kappa shape index (κ2) is 6.85. The lowest BCUT2D eigenvalue weighted by molar-refractivity contribution is 0.759. The van der Waals surface area contributed by atoms with Crippen molar-refractivity contribution < 1.29 is 0 Å². The SMILES string of the molecule is CN(CCCc1cnn(C)c1)c1cc(N)nc(N2CCCC2)n1. The van der Waals surface area contributed by atoms with Crippen LogP contribution >= 0.6 is 0 Å². The Balaban J connectivity index is 1.60. The zero-order chi connectivity index (χ0) is 16.2. The summed E-state index contributed by atoms with van der Waals surface area (Å²) in [6.07, 6.45) is 8.45. The highest BCUT2D eigenvalue weighted by atomic mass is 15.3. The average Bonchev–Trinajstić information content (AvgIpc) is 3.18. The molecule has 23 heavy (non-hydrogen) atoms. The van der Waals surface area contributed by atoms with Gasteiger partial charge in [-0.25, -0.2) is 0 Å². The van der Waals surface area contributed by atoms with E-state index in [1.807, 2.05) is 24.0 Å². The van der Waals surface area contributed by atoms with E-state index >= 15 is 0 Å². The van der Waals surface area contributed by atoms with Gasteiger partial charge in [-0.15, -0.1) is 0 Å². The molecule has 0 atom stereocenters. The molecule has 7 heteroatoms. The van der Waals surface area contributed by atoms with Crippen molar-refractivity contribution in [1.82, 2.24) is 19.7 Å². The normalized spacial score (nSPS) is 14.4. The highest BCUT2D eigenvalue weighted by Crippen LogP contribution is 2.21. The third-order valence-corrected chi connectivity index (χ3v) is 4.22. The number of nitrogens with zero attached hydrogens (tertiary/aromatic N) is 6. The maximum atomic E-state index is 5.97. The van der Waals surface area contributed by atoms with E-state index in [0.29, 0.717) is 5.82 Å². The number of nitrogen functional groups attached to an aromatic ring is 1. The molecule has 1 aliphatic heterocycles. The van der Waals surface area contributed by atoms with Crippen molar-refractivity contribution in [3.63, 3.8) is 0 Å². The van der Waals surface area contributed by atoms with Gasteiger partial charge in [-0.3, -0.25) is 4.68 Å². The fourth-order valence-corrected chi connectivity index (χ4v) is 2.93. The monoisotopic (exact) mass is 315 g/mol. The number of aryl methyl sites for hydroxylation is 2. The van der Waals surface area contributed by atoms with Gasteiger partial charge in [0.25, 0.3) is 0 Å². The minimum atomic E-state index is 0.538. The number of nitrogens with two attached hydrogens (primary N) is 1. The lowest BCUT2D eigenvalue weighted by Gasteiger charge is -2.21. The maximum absolute atomic E-state index is 5.97. The molecule has 0 aliphatic carbocycles. The van der Waals surface area contributed by atoms with Gasteiger partial charge in [-0.2, -0.15) is 15.1 Å². The zero-order valence-corrected chi connectivity index (χ0v) is 13.9. The Morgan fingerprint density at radius 2 is 2.04 bits per heavy atom. The van der Waals surface area contributed by atoms with Crippen molar-refractivity contribution in [2.24, 2.45) is 7.05 Å². The molecule has 0 radical (unpaired) electrons. The van der Waals surface area contributed by atoms with Gasteiger partial charge in [0, 0.05) is 46.0 Å². The molecule has 3 rings (SSSR count). The van der Waals surface area contributed by atoms with E-state index in [4.69, 9.17) is 5.73 Å². The minimum Gasteiger partial charge on any atom is -0.383 e. The first-order chi connectivity index (χ1) is 11.1. The molecule has 2 aromatic rings. The molecule has 7 nitrogen and oxygen atoms in total. The number of hydrogen-bond acceptors (Lipinski definition) is 6. The predicted octanol–water partition coefficient (Wildman–Crippen LogP) is 1.46. The summed E-state index contributed by atoms with van der Waals surface area (Å²) < 4.78 is 1.84. The topological polar surface area (TPSA) is 76.1 Å². The van der Waals surface area contributed by atoms with E-state index in [0.717, 1.165) is 44.2 Å². The number of anilines is 3. The van der Waals surface area contributed by atoms with Crippen molar-refractivity contribution in [2.45, 2.75) is 25.7 Å². The summed E-state index contributed by atoms with van der Waals surface area (Å²) in [6.45, 7) is 2.96. The molecule has 1 aliphatic rings. The minimum absolute atomic E-state index is 0.538. The van der Waals surface area contributed by atoms with E-state index in [1.54, 1.807) is 0 Å². The Morgan fingerprint density at radius 1 is 1.26 bits per heavy atom. The smallest absolute Gasteiger partial charge is 0.229 e. The maximum Gasteiger partial charge on any atom is 0.229 e. The second-order valence-electron chi connectivity index (χ2n) is 6.19. The number of aromatic nitrogens is 4. The van der Waals surface area contributed by atoms with Crippen molar-refractivity contribution in [3.8, 4) is 0 Å². The van der Waals surface area contributed by atoms with Gasteiger partial charge in [-0.1, -0.05) is 0 Å². The number of hydrogen-bond donors (Lipinski definition) is 1. The van der Waals surface area contributed by atoms with Gasteiger partial charge in [0.15, 0.2) is 0 Å². The third-order valence-electron chi connectivity index (χ3n) is 4.22. The van der Waals surface area contributed by atoms with Gasteiger partial charge >= 0.3 is 0 Å². The molecule has 2 aromatic heterocycles. The average molecular weight is 315 g/mol. The quantitative estimate of drug-likeness (QED) is 0.870. The first-order valence-corrected chi connectivity index (χ1v) is 8.20. The van der Waals surface area contributed by atoms with Crippen LogP contribution in [0.1, 0.15) is 24.8 Å². The highest BCUT2D eigenvalue weighted by molar-refractivity contribution is 5.52. The Labute approximate surface area is 137 Å². The van der Waals surface area contributed by atoms with Crippen LogP contribution < -0.4 is 15.5 Å². The van der Waals surface area contributed by atoms with Crippen LogP contribution in [0.25, 0.3) is 0 Å².